The lowest BCUT2D eigenvalue weighted by Crippen LogP contribution is -2.41. The van der Waals surface area contributed by atoms with E-state index in [1.54, 1.807) is 17.8 Å². The predicted octanol–water partition coefficient (Wildman–Crippen LogP) is 2.20. The summed E-state index contributed by atoms with van der Waals surface area (Å²) in [6, 6.07) is 6.84. The van der Waals surface area contributed by atoms with Crippen LogP contribution in [-0.4, -0.2) is 41.6 Å². The van der Waals surface area contributed by atoms with Crippen molar-refractivity contribution in [2.75, 3.05) is 19.1 Å². The van der Waals surface area contributed by atoms with Crippen molar-refractivity contribution < 1.29 is 14.3 Å². The number of hydrogen-bond acceptors (Lipinski definition) is 4. The van der Waals surface area contributed by atoms with Crippen LogP contribution in [0.25, 0.3) is 10.9 Å². The standard InChI is InChI=1S/C16H20N2O3S/c1-18-8-6-11-10-12(4-5-14(11)18)15(19)17-13(7-9-22-3)16(20)21-2/h4-6,8,10,13H,7,9H2,1-3H3,(H,17,19). The number of thioether (sulfide) groups is 1. The van der Waals surface area contributed by atoms with Gasteiger partial charge in [0.25, 0.3) is 5.91 Å². The molecule has 1 atom stereocenters. The number of benzene rings is 1. The largest absolute Gasteiger partial charge is 0.467 e. The van der Waals surface area contributed by atoms with E-state index in [-0.39, 0.29) is 5.91 Å². The van der Waals surface area contributed by atoms with Crippen LogP contribution in [0.5, 0.6) is 0 Å². The van der Waals surface area contributed by atoms with E-state index >= 15 is 0 Å². The van der Waals surface area contributed by atoms with Gasteiger partial charge in [0.15, 0.2) is 0 Å². The summed E-state index contributed by atoms with van der Waals surface area (Å²) in [6.45, 7) is 0. The third-order valence-electron chi connectivity index (χ3n) is 3.55. The molecule has 1 aromatic carbocycles. The van der Waals surface area contributed by atoms with E-state index in [0.29, 0.717) is 12.0 Å². The number of carbonyl (C=O) groups excluding carboxylic acids is 2. The molecule has 1 N–H and O–H groups in total. The van der Waals surface area contributed by atoms with Gasteiger partial charge in [-0.1, -0.05) is 0 Å². The highest BCUT2D eigenvalue weighted by Crippen LogP contribution is 2.17. The lowest BCUT2D eigenvalue weighted by atomic mass is 10.1. The molecule has 0 spiro atoms. The zero-order valence-corrected chi connectivity index (χ0v) is 13.8. The van der Waals surface area contributed by atoms with Gasteiger partial charge in [-0.25, -0.2) is 4.79 Å². The van der Waals surface area contributed by atoms with Crippen molar-refractivity contribution in [3.8, 4) is 0 Å². The Bertz CT molecular complexity index is 681. The fraction of sp³-hybridized carbons (Fsp3) is 0.375. The minimum Gasteiger partial charge on any atom is -0.467 e. The number of methoxy groups -OCH3 is 1. The summed E-state index contributed by atoms with van der Waals surface area (Å²) < 4.78 is 6.75. The molecule has 0 radical (unpaired) electrons. The molecule has 2 rings (SSSR count). The number of nitrogens with one attached hydrogen (secondary N) is 1. The van der Waals surface area contributed by atoms with Gasteiger partial charge in [-0.2, -0.15) is 11.8 Å². The van der Waals surface area contributed by atoms with Crippen molar-refractivity contribution in [2.45, 2.75) is 12.5 Å². The minimum atomic E-state index is -0.614. The molecule has 118 valence electrons. The van der Waals surface area contributed by atoms with Crippen LogP contribution in [0.3, 0.4) is 0 Å². The van der Waals surface area contributed by atoms with Crippen molar-refractivity contribution in [2.24, 2.45) is 7.05 Å². The number of ether oxygens (including phenoxy) is 1. The van der Waals surface area contributed by atoms with Crippen LogP contribution < -0.4 is 5.32 Å². The maximum Gasteiger partial charge on any atom is 0.328 e. The number of esters is 1. The Morgan fingerprint density at radius 1 is 1.36 bits per heavy atom. The van der Waals surface area contributed by atoms with E-state index < -0.39 is 12.0 Å². The molecule has 0 fully saturated rings. The maximum absolute atomic E-state index is 12.4. The second kappa shape index (κ2) is 7.35. The van der Waals surface area contributed by atoms with E-state index in [1.165, 1.54) is 7.11 Å². The minimum absolute atomic E-state index is 0.262. The number of aryl methyl sites for hydroxylation is 1. The van der Waals surface area contributed by atoms with Crippen LogP contribution in [0.2, 0.25) is 0 Å². The number of carbonyl (C=O) groups is 2. The summed E-state index contributed by atoms with van der Waals surface area (Å²) in [5.74, 6) is 0.100. The smallest absolute Gasteiger partial charge is 0.328 e. The van der Waals surface area contributed by atoms with Crippen molar-refractivity contribution in [1.82, 2.24) is 9.88 Å². The van der Waals surface area contributed by atoms with Gasteiger partial charge in [0.2, 0.25) is 0 Å². The summed E-state index contributed by atoms with van der Waals surface area (Å²) in [5.41, 5.74) is 1.60. The first-order valence-electron chi connectivity index (χ1n) is 6.99. The van der Waals surface area contributed by atoms with Crippen molar-refractivity contribution in [3.05, 3.63) is 36.0 Å². The zero-order valence-electron chi connectivity index (χ0n) is 13.0. The summed E-state index contributed by atoms with van der Waals surface area (Å²) in [7, 11) is 3.29. The molecule has 6 heteroatoms. The third-order valence-corrected chi connectivity index (χ3v) is 4.19. The Labute approximate surface area is 134 Å². The Morgan fingerprint density at radius 3 is 2.82 bits per heavy atom. The summed E-state index contributed by atoms with van der Waals surface area (Å²) in [6.07, 6.45) is 4.45. The molecule has 2 aromatic rings. The Hall–Kier alpha value is -1.95. The number of aromatic nitrogens is 1. The van der Waals surface area contributed by atoms with Crippen molar-refractivity contribution in [1.29, 1.82) is 0 Å². The Balaban J connectivity index is 2.15. The number of hydrogen-bond donors (Lipinski definition) is 1. The van der Waals surface area contributed by atoms with Gasteiger partial charge in [0.1, 0.15) is 6.04 Å². The normalized spacial score (nSPS) is 12.1. The second-order valence-corrected chi connectivity index (χ2v) is 6.02. The highest BCUT2D eigenvalue weighted by atomic mass is 32.2. The fourth-order valence-electron chi connectivity index (χ4n) is 2.29. The van der Waals surface area contributed by atoms with Crippen LogP contribution in [0.4, 0.5) is 0 Å². The van der Waals surface area contributed by atoms with Crippen LogP contribution in [0.15, 0.2) is 30.5 Å². The SMILES string of the molecule is COC(=O)C(CCSC)NC(=O)c1ccc2c(ccn2C)c1. The van der Waals surface area contributed by atoms with Gasteiger partial charge < -0.3 is 14.6 Å². The first-order chi connectivity index (χ1) is 10.6. The summed E-state index contributed by atoms with van der Waals surface area (Å²) in [5, 5.41) is 3.75. The first-order valence-corrected chi connectivity index (χ1v) is 8.39. The van der Waals surface area contributed by atoms with Crippen LogP contribution in [-0.2, 0) is 16.6 Å². The molecule has 1 amide bonds. The lowest BCUT2D eigenvalue weighted by molar-refractivity contribution is -0.142. The van der Waals surface area contributed by atoms with E-state index in [4.69, 9.17) is 4.74 Å². The molecular formula is C16H20N2O3S. The van der Waals surface area contributed by atoms with Crippen LogP contribution in [0, 0.1) is 0 Å². The molecular weight excluding hydrogens is 300 g/mol. The zero-order chi connectivity index (χ0) is 16.1. The Morgan fingerprint density at radius 2 is 2.14 bits per heavy atom. The molecule has 5 nitrogen and oxygen atoms in total. The highest BCUT2D eigenvalue weighted by molar-refractivity contribution is 7.98. The van der Waals surface area contributed by atoms with Gasteiger partial charge in [-0.15, -0.1) is 0 Å². The van der Waals surface area contributed by atoms with Crippen LogP contribution in [0.1, 0.15) is 16.8 Å². The number of fused-ring (bicyclic) bond motifs is 1. The highest BCUT2D eigenvalue weighted by Gasteiger charge is 2.21. The second-order valence-electron chi connectivity index (χ2n) is 5.03. The quantitative estimate of drug-likeness (QED) is 0.829. The maximum atomic E-state index is 12.4. The van der Waals surface area contributed by atoms with E-state index in [2.05, 4.69) is 5.32 Å². The molecule has 0 aliphatic rings. The Kier molecular flexibility index (Phi) is 5.49. The van der Waals surface area contributed by atoms with Gasteiger partial charge in [0, 0.05) is 29.7 Å². The topological polar surface area (TPSA) is 60.3 Å². The molecule has 1 heterocycles. The molecule has 0 saturated carbocycles. The van der Waals surface area contributed by atoms with Gasteiger partial charge in [-0.05, 0) is 42.7 Å². The van der Waals surface area contributed by atoms with Crippen molar-refractivity contribution >= 4 is 34.5 Å². The molecule has 0 saturated heterocycles. The van der Waals surface area contributed by atoms with Crippen LogP contribution >= 0.6 is 11.8 Å². The molecule has 1 aromatic heterocycles. The average molecular weight is 320 g/mol. The number of amides is 1. The molecule has 0 aliphatic carbocycles. The van der Waals surface area contributed by atoms with Crippen molar-refractivity contribution in [3.63, 3.8) is 0 Å². The van der Waals surface area contributed by atoms with Gasteiger partial charge in [0.05, 0.1) is 7.11 Å². The molecule has 0 bridgehead atoms. The molecule has 1 unspecified atom stereocenters. The van der Waals surface area contributed by atoms with Gasteiger partial charge >= 0.3 is 5.97 Å². The average Bonchev–Trinajstić information content (AvgIpc) is 2.91. The third kappa shape index (κ3) is 3.62. The summed E-state index contributed by atoms with van der Waals surface area (Å²) >= 11 is 1.62. The molecule has 22 heavy (non-hydrogen) atoms. The van der Waals surface area contributed by atoms with E-state index in [9.17, 15) is 9.59 Å². The summed E-state index contributed by atoms with van der Waals surface area (Å²) in [4.78, 5) is 24.1. The number of rotatable bonds is 6. The van der Waals surface area contributed by atoms with E-state index in [0.717, 1.165) is 16.7 Å². The lowest BCUT2D eigenvalue weighted by Gasteiger charge is -2.16. The first kappa shape index (κ1) is 16.4. The van der Waals surface area contributed by atoms with Gasteiger partial charge in [-0.3, -0.25) is 4.79 Å². The predicted molar refractivity (Wildman–Crippen MR) is 89.2 cm³/mol. The van der Waals surface area contributed by atoms with E-state index in [1.807, 2.05) is 42.3 Å². The molecule has 0 aliphatic heterocycles. The fourth-order valence-corrected chi connectivity index (χ4v) is 2.76. The number of nitrogens with zero attached hydrogens (tertiary/aromatic N) is 1. The monoisotopic (exact) mass is 320 g/mol.